The molecule has 0 aliphatic rings. The molecule has 106 valence electrons. The van der Waals surface area contributed by atoms with Crippen molar-refractivity contribution >= 4 is 21.9 Å². The summed E-state index contributed by atoms with van der Waals surface area (Å²) in [7, 11) is 1.32. The topological polar surface area (TPSA) is 59.3 Å². The summed E-state index contributed by atoms with van der Waals surface area (Å²) in [5.41, 5.74) is 1.65. The predicted octanol–water partition coefficient (Wildman–Crippen LogP) is 3.69. The molecule has 0 N–H and O–H groups in total. The molecule has 0 aliphatic carbocycles. The molecule has 4 nitrogen and oxygen atoms in total. The van der Waals surface area contributed by atoms with Crippen molar-refractivity contribution in [3.63, 3.8) is 0 Å². The largest absolute Gasteiger partial charge is 0.488 e. The van der Waals surface area contributed by atoms with Gasteiger partial charge in [0.15, 0.2) is 0 Å². The first-order valence-electron chi connectivity index (χ1n) is 6.14. The SMILES string of the molecule is COC(=O)c1cc(Br)ccc1OCc1ccccc1C#N. The van der Waals surface area contributed by atoms with Crippen LogP contribution in [0.15, 0.2) is 46.9 Å². The van der Waals surface area contributed by atoms with Crippen LogP contribution in [0.5, 0.6) is 5.75 Å². The van der Waals surface area contributed by atoms with Gasteiger partial charge in [-0.1, -0.05) is 34.1 Å². The number of benzene rings is 2. The average molecular weight is 346 g/mol. The highest BCUT2D eigenvalue weighted by Crippen LogP contribution is 2.25. The molecule has 21 heavy (non-hydrogen) atoms. The van der Waals surface area contributed by atoms with Gasteiger partial charge < -0.3 is 9.47 Å². The Balaban J connectivity index is 2.24. The minimum absolute atomic E-state index is 0.204. The van der Waals surface area contributed by atoms with E-state index in [4.69, 9.17) is 14.7 Å². The number of rotatable bonds is 4. The summed E-state index contributed by atoms with van der Waals surface area (Å²) in [6.07, 6.45) is 0. The maximum atomic E-state index is 11.7. The van der Waals surface area contributed by atoms with Crippen molar-refractivity contribution in [3.8, 4) is 11.8 Å². The number of nitrogens with zero attached hydrogens (tertiary/aromatic N) is 1. The molecule has 0 saturated carbocycles. The third kappa shape index (κ3) is 3.61. The first kappa shape index (κ1) is 15.1. The first-order valence-corrected chi connectivity index (χ1v) is 6.93. The summed E-state index contributed by atoms with van der Waals surface area (Å²) < 4.78 is 11.2. The van der Waals surface area contributed by atoms with Crippen LogP contribution < -0.4 is 4.74 Å². The van der Waals surface area contributed by atoms with Gasteiger partial charge in [-0.2, -0.15) is 5.26 Å². The van der Waals surface area contributed by atoms with Crippen LogP contribution in [-0.4, -0.2) is 13.1 Å². The quantitative estimate of drug-likeness (QED) is 0.793. The maximum absolute atomic E-state index is 11.7. The van der Waals surface area contributed by atoms with Crippen LogP contribution >= 0.6 is 15.9 Å². The molecule has 0 bridgehead atoms. The fourth-order valence-electron chi connectivity index (χ4n) is 1.81. The number of methoxy groups -OCH3 is 1. The van der Waals surface area contributed by atoms with Crippen molar-refractivity contribution in [1.82, 2.24) is 0 Å². The fraction of sp³-hybridized carbons (Fsp3) is 0.125. The maximum Gasteiger partial charge on any atom is 0.341 e. The van der Waals surface area contributed by atoms with Gasteiger partial charge in [-0.05, 0) is 24.3 Å². The molecular formula is C16H12BrNO3. The molecule has 0 aromatic heterocycles. The van der Waals surface area contributed by atoms with E-state index < -0.39 is 5.97 Å². The zero-order chi connectivity index (χ0) is 15.2. The zero-order valence-corrected chi connectivity index (χ0v) is 12.9. The summed E-state index contributed by atoms with van der Waals surface area (Å²) >= 11 is 3.31. The van der Waals surface area contributed by atoms with E-state index in [-0.39, 0.29) is 6.61 Å². The Labute approximate surface area is 131 Å². The Morgan fingerprint density at radius 1 is 1.29 bits per heavy atom. The highest BCUT2D eigenvalue weighted by Gasteiger charge is 2.14. The van der Waals surface area contributed by atoms with Crippen molar-refractivity contribution in [2.45, 2.75) is 6.61 Å². The lowest BCUT2D eigenvalue weighted by Crippen LogP contribution is -2.06. The van der Waals surface area contributed by atoms with Crippen LogP contribution in [0.25, 0.3) is 0 Å². The standard InChI is InChI=1S/C16H12BrNO3/c1-20-16(19)14-8-13(17)6-7-15(14)21-10-12-5-3-2-4-11(12)9-18/h2-8H,10H2,1H3. The number of nitriles is 1. The van der Waals surface area contributed by atoms with Gasteiger partial charge in [-0.3, -0.25) is 0 Å². The highest BCUT2D eigenvalue weighted by atomic mass is 79.9. The number of esters is 1. The van der Waals surface area contributed by atoms with Crippen molar-refractivity contribution in [3.05, 3.63) is 63.6 Å². The van der Waals surface area contributed by atoms with Crippen molar-refractivity contribution in [2.24, 2.45) is 0 Å². The lowest BCUT2D eigenvalue weighted by atomic mass is 10.1. The van der Waals surface area contributed by atoms with Gasteiger partial charge >= 0.3 is 5.97 Å². The molecule has 0 spiro atoms. The van der Waals surface area contributed by atoms with Crippen LogP contribution in [0.4, 0.5) is 0 Å². The number of hydrogen-bond acceptors (Lipinski definition) is 4. The minimum Gasteiger partial charge on any atom is -0.488 e. The van der Waals surface area contributed by atoms with E-state index in [1.165, 1.54) is 7.11 Å². The summed E-state index contributed by atoms with van der Waals surface area (Å²) in [6, 6.07) is 14.4. The molecule has 0 radical (unpaired) electrons. The predicted molar refractivity (Wildman–Crippen MR) is 81.0 cm³/mol. The van der Waals surface area contributed by atoms with Gasteiger partial charge in [0, 0.05) is 10.0 Å². The number of carbonyl (C=O) groups excluding carboxylic acids is 1. The Kier molecular flexibility index (Phi) is 4.96. The van der Waals surface area contributed by atoms with Crippen LogP contribution in [0.1, 0.15) is 21.5 Å². The molecule has 0 fully saturated rings. The molecule has 0 heterocycles. The normalized spacial score (nSPS) is 9.76. The van der Waals surface area contributed by atoms with Gasteiger partial charge in [0.25, 0.3) is 0 Å². The molecular weight excluding hydrogens is 334 g/mol. The summed E-state index contributed by atoms with van der Waals surface area (Å²) in [4.78, 5) is 11.7. The third-order valence-electron chi connectivity index (χ3n) is 2.87. The second-order valence-electron chi connectivity index (χ2n) is 4.19. The summed E-state index contributed by atoms with van der Waals surface area (Å²) in [5.74, 6) is -0.0577. The number of ether oxygens (including phenoxy) is 2. The highest BCUT2D eigenvalue weighted by molar-refractivity contribution is 9.10. The third-order valence-corrected chi connectivity index (χ3v) is 3.36. The lowest BCUT2D eigenvalue weighted by Gasteiger charge is -2.11. The molecule has 0 atom stereocenters. The van der Waals surface area contributed by atoms with Crippen LogP contribution in [0, 0.1) is 11.3 Å². The van der Waals surface area contributed by atoms with Crippen LogP contribution in [0.2, 0.25) is 0 Å². The Morgan fingerprint density at radius 2 is 2.05 bits per heavy atom. The smallest absolute Gasteiger partial charge is 0.341 e. The van der Waals surface area contributed by atoms with Crippen molar-refractivity contribution in [2.75, 3.05) is 7.11 Å². The number of hydrogen-bond donors (Lipinski definition) is 0. The molecule has 0 amide bonds. The summed E-state index contributed by atoms with van der Waals surface area (Å²) in [6.45, 7) is 0.204. The van der Waals surface area contributed by atoms with Crippen molar-refractivity contribution < 1.29 is 14.3 Å². The zero-order valence-electron chi connectivity index (χ0n) is 11.3. The summed E-state index contributed by atoms with van der Waals surface area (Å²) in [5, 5.41) is 9.05. The van der Waals surface area contributed by atoms with Crippen LogP contribution in [-0.2, 0) is 11.3 Å². The molecule has 0 aliphatic heterocycles. The van der Waals surface area contributed by atoms with E-state index in [9.17, 15) is 4.79 Å². The molecule has 2 aromatic carbocycles. The van der Waals surface area contributed by atoms with E-state index >= 15 is 0 Å². The Hall–Kier alpha value is -2.32. The first-order chi connectivity index (χ1) is 10.2. The van der Waals surface area contributed by atoms with Gasteiger partial charge in [0.05, 0.1) is 18.7 Å². The number of carbonyl (C=O) groups is 1. The second-order valence-corrected chi connectivity index (χ2v) is 5.11. The van der Waals surface area contributed by atoms with Gasteiger partial charge in [-0.25, -0.2) is 4.79 Å². The minimum atomic E-state index is -0.472. The van der Waals surface area contributed by atoms with Gasteiger partial charge in [-0.15, -0.1) is 0 Å². The molecule has 5 heteroatoms. The fourth-order valence-corrected chi connectivity index (χ4v) is 2.17. The van der Waals surface area contributed by atoms with E-state index in [1.807, 2.05) is 12.1 Å². The molecule has 0 unspecified atom stereocenters. The Bertz CT molecular complexity index is 707. The van der Waals surface area contributed by atoms with E-state index in [0.717, 1.165) is 10.0 Å². The second kappa shape index (κ2) is 6.91. The average Bonchev–Trinajstić information content (AvgIpc) is 2.53. The van der Waals surface area contributed by atoms with Gasteiger partial charge in [0.2, 0.25) is 0 Å². The Morgan fingerprint density at radius 3 is 2.76 bits per heavy atom. The van der Waals surface area contributed by atoms with Crippen molar-refractivity contribution in [1.29, 1.82) is 5.26 Å². The lowest BCUT2D eigenvalue weighted by molar-refractivity contribution is 0.0595. The van der Waals surface area contributed by atoms with Gasteiger partial charge in [0.1, 0.15) is 17.9 Å². The molecule has 2 rings (SSSR count). The monoisotopic (exact) mass is 345 g/mol. The van der Waals surface area contributed by atoms with E-state index in [2.05, 4.69) is 22.0 Å². The van der Waals surface area contributed by atoms with Crippen LogP contribution in [0.3, 0.4) is 0 Å². The molecule has 2 aromatic rings. The van der Waals surface area contributed by atoms with E-state index in [1.54, 1.807) is 30.3 Å². The molecule has 0 saturated heterocycles. The number of halogens is 1. The van der Waals surface area contributed by atoms with E-state index in [0.29, 0.717) is 16.9 Å².